The number of imidazole rings is 1. The van der Waals surface area contributed by atoms with Gasteiger partial charge >= 0.3 is 0 Å². The van der Waals surface area contributed by atoms with E-state index in [4.69, 9.17) is 0 Å². The van der Waals surface area contributed by atoms with Crippen LogP contribution in [0.2, 0.25) is 0 Å². The van der Waals surface area contributed by atoms with Crippen molar-refractivity contribution >= 4 is 22.4 Å². The number of pyridine rings is 1. The molecule has 6 nitrogen and oxygen atoms in total. The Hall–Kier alpha value is -3.06. The lowest BCUT2D eigenvalue weighted by molar-refractivity contribution is 0.198. The Kier molecular flexibility index (Phi) is 3.75. The SMILES string of the molecule is O[C@H]1CCN(c2ccc3ncc(Cc4cc5cccnc5cc4F)n3n2)C1. The van der Waals surface area contributed by atoms with Crippen LogP contribution in [0.5, 0.6) is 0 Å². The van der Waals surface area contributed by atoms with Gasteiger partial charge in [-0.25, -0.2) is 13.9 Å². The molecule has 1 N–H and O–H groups in total. The fourth-order valence-electron chi connectivity index (χ4n) is 3.62. The number of β-amino-alcohol motifs (C(OH)–C–C–N with tert-alkyl or cyclic N) is 1. The van der Waals surface area contributed by atoms with Gasteiger partial charge in [-0.3, -0.25) is 4.98 Å². The molecule has 0 spiro atoms. The molecule has 3 aromatic heterocycles. The molecule has 27 heavy (non-hydrogen) atoms. The minimum atomic E-state index is -0.315. The zero-order valence-corrected chi connectivity index (χ0v) is 14.6. The Labute approximate surface area is 154 Å². The third-order valence-corrected chi connectivity index (χ3v) is 5.05. The summed E-state index contributed by atoms with van der Waals surface area (Å²) in [6, 6.07) is 10.9. The Morgan fingerprint density at radius 2 is 2.11 bits per heavy atom. The van der Waals surface area contributed by atoms with Gasteiger partial charge in [-0.15, -0.1) is 5.10 Å². The lowest BCUT2D eigenvalue weighted by Crippen LogP contribution is -2.23. The second-order valence-electron chi connectivity index (χ2n) is 6.92. The van der Waals surface area contributed by atoms with Gasteiger partial charge in [0.05, 0.1) is 23.5 Å². The molecule has 0 radical (unpaired) electrons. The quantitative estimate of drug-likeness (QED) is 0.606. The number of fused-ring (bicyclic) bond motifs is 2. The van der Waals surface area contributed by atoms with Crippen LogP contribution in [0.25, 0.3) is 16.6 Å². The van der Waals surface area contributed by atoms with Gasteiger partial charge in [-0.1, -0.05) is 6.07 Å². The number of nitrogens with zero attached hydrogens (tertiary/aromatic N) is 5. The summed E-state index contributed by atoms with van der Waals surface area (Å²) in [5, 5.41) is 15.3. The molecule has 5 rings (SSSR count). The van der Waals surface area contributed by atoms with Crippen molar-refractivity contribution in [3.05, 3.63) is 65.9 Å². The maximum atomic E-state index is 14.6. The predicted molar refractivity (Wildman–Crippen MR) is 100 cm³/mol. The minimum absolute atomic E-state index is 0.282. The molecular weight excluding hydrogens is 345 g/mol. The maximum absolute atomic E-state index is 14.6. The summed E-state index contributed by atoms with van der Waals surface area (Å²) in [6.07, 6.45) is 4.21. The summed E-state index contributed by atoms with van der Waals surface area (Å²) in [7, 11) is 0. The summed E-state index contributed by atoms with van der Waals surface area (Å²) in [4.78, 5) is 10.6. The summed E-state index contributed by atoms with van der Waals surface area (Å²) in [5.74, 6) is 0.511. The Bertz CT molecular complexity index is 1140. The molecule has 1 fully saturated rings. The minimum Gasteiger partial charge on any atom is -0.391 e. The zero-order chi connectivity index (χ0) is 18.4. The molecule has 1 saturated heterocycles. The topological polar surface area (TPSA) is 66.5 Å². The molecule has 0 bridgehead atoms. The summed E-state index contributed by atoms with van der Waals surface area (Å²) in [5.41, 5.74) is 2.76. The first-order valence-corrected chi connectivity index (χ1v) is 8.97. The fraction of sp³-hybridized carbons (Fsp3) is 0.250. The van der Waals surface area contributed by atoms with Crippen LogP contribution in [0, 0.1) is 5.82 Å². The highest BCUT2D eigenvalue weighted by molar-refractivity contribution is 5.79. The number of hydrogen-bond acceptors (Lipinski definition) is 5. The normalized spacial score (nSPS) is 17.3. The molecule has 0 aliphatic carbocycles. The fourth-order valence-corrected chi connectivity index (χ4v) is 3.62. The van der Waals surface area contributed by atoms with Crippen LogP contribution in [-0.4, -0.2) is 43.9 Å². The van der Waals surface area contributed by atoms with Crippen LogP contribution < -0.4 is 4.90 Å². The average Bonchev–Trinajstić information content (AvgIpc) is 3.28. The number of halogens is 1. The Morgan fingerprint density at radius 1 is 1.19 bits per heavy atom. The van der Waals surface area contributed by atoms with E-state index in [9.17, 15) is 9.50 Å². The molecule has 1 aliphatic heterocycles. The van der Waals surface area contributed by atoms with E-state index >= 15 is 0 Å². The molecule has 0 unspecified atom stereocenters. The number of aromatic nitrogens is 4. The van der Waals surface area contributed by atoms with E-state index in [0.717, 1.165) is 35.5 Å². The Balaban J connectivity index is 1.52. The van der Waals surface area contributed by atoms with Crippen molar-refractivity contribution in [2.24, 2.45) is 0 Å². The van der Waals surface area contributed by atoms with E-state index in [1.54, 1.807) is 16.9 Å². The first-order chi connectivity index (χ1) is 13.2. The van der Waals surface area contributed by atoms with Gasteiger partial charge in [0, 0.05) is 37.2 Å². The molecule has 4 aromatic rings. The van der Waals surface area contributed by atoms with E-state index in [1.165, 1.54) is 6.07 Å². The second-order valence-corrected chi connectivity index (χ2v) is 6.92. The lowest BCUT2D eigenvalue weighted by Gasteiger charge is -2.16. The van der Waals surface area contributed by atoms with Crippen molar-refractivity contribution in [3.8, 4) is 0 Å². The van der Waals surface area contributed by atoms with E-state index in [1.807, 2.05) is 30.3 Å². The number of anilines is 1. The van der Waals surface area contributed by atoms with Gasteiger partial charge in [0.25, 0.3) is 0 Å². The number of rotatable bonds is 3. The first-order valence-electron chi connectivity index (χ1n) is 8.97. The standard InChI is InChI=1S/C20H18FN5O/c21-17-10-18-13(2-1-6-22-18)8-14(17)9-15-11-23-19-3-4-20(24-26(15)19)25-7-5-16(27)12-25/h1-4,6,8,10-11,16,27H,5,7,9,12H2/t16-/m0/s1. The molecule has 1 atom stereocenters. The van der Waals surface area contributed by atoms with Crippen molar-refractivity contribution in [2.75, 3.05) is 18.0 Å². The molecule has 136 valence electrons. The summed E-state index contributed by atoms with van der Waals surface area (Å²) >= 11 is 0. The van der Waals surface area contributed by atoms with Crippen LogP contribution in [0.3, 0.4) is 0 Å². The van der Waals surface area contributed by atoms with Crippen molar-refractivity contribution in [1.82, 2.24) is 19.6 Å². The largest absolute Gasteiger partial charge is 0.391 e. The summed E-state index contributed by atoms with van der Waals surface area (Å²) in [6.45, 7) is 1.35. The van der Waals surface area contributed by atoms with E-state index < -0.39 is 0 Å². The number of aliphatic hydroxyl groups is 1. The van der Waals surface area contributed by atoms with Crippen LogP contribution in [-0.2, 0) is 6.42 Å². The molecule has 7 heteroatoms. The van der Waals surface area contributed by atoms with Crippen molar-refractivity contribution < 1.29 is 9.50 Å². The van der Waals surface area contributed by atoms with Crippen molar-refractivity contribution in [1.29, 1.82) is 0 Å². The number of aliphatic hydroxyl groups excluding tert-OH is 1. The van der Waals surface area contributed by atoms with E-state index in [-0.39, 0.29) is 11.9 Å². The van der Waals surface area contributed by atoms with Gasteiger partial charge in [-0.2, -0.15) is 0 Å². The van der Waals surface area contributed by atoms with Crippen LogP contribution >= 0.6 is 0 Å². The van der Waals surface area contributed by atoms with Gasteiger partial charge in [0.2, 0.25) is 0 Å². The van der Waals surface area contributed by atoms with E-state index in [2.05, 4.69) is 20.0 Å². The monoisotopic (exact) mass is 363 g/mol. The van der Waals surface area contributed by atoms with Crippen LogP contribution in [0.4, 0.5) is 10.2 Å². The first kappa shape index (κ1) is 16.1. The smallest absolute Gasteiger partial charge is 0.153 e. The second kappa shape index (κ2) is 6.28. The zero-order valence-electron chi connectivity index (χ0n) is 14.6. The highest BCUT2D eigenvalue weighted by Gasteiger charge is 2.22. The van der Waals surface area contributed by atoms with Crippen molar-refractivity contribution in [3.63, 3.8) is 0 Å². The van der Waals surface area contributed by atoms with Crippen LogP contribution in [0.1, 0.15) is 17.7 Å². The molecule has 1 aliphatic rings. The maximum Gasteiger partial charge on any atom is 0.153 e. The third-order valence-electron chi connectivity index (χ3n) is 5.05. The van der Waals surface area contributed by atoms with Gasteiger partial charge in [0.1, 0.15) is 11.6 Å². The van der Waals surface area contributed by atoms with Gasteiger partial charge in [-0.05, 0) is 36.2 Å². The molecule has 4 heterocycles. The number of benzene rings is 1. The van der Waals surface area contributed by atoms with E-state index in [0.29, 0.717) is 24.0 Å². The third kappa shape index (κ3) is 2.90. The highest BCUT2D eigenvalue weighted by Crippen LogP contribution is 2.22. The van der Waals surface area contributed by atoms with Crippen LogP contribution in [0.15, 0.2) is 48.8 Å². The predicted octanol–water partition coefficient (Wildman–Crippen LogP) is 2.58. The van der Waals surface area contributed by atoms with Crippen molar-refractivity contribution in [2.45, 2.75) is 18.9 Å². The molecular formula is C20H18FN5O. The highest BCUT2D eigenvalue weighted by atomic mass is 19.1. The molecule has 0 amide bonds. The number of hydrogen-bond donors (Lipinski definition) is 1. The lowest BCUT2D eigenvalue weighted by atomic mass is 10.1. The average molecular weight is 363 g/mol. The van der Waals surface area contributed by atoms with Gasteiger partial charge < -0.3 is 10.0 Å². The molecule has 0 saturated carbocycles. The Morgan fingerprint density at radius 3 is 2.96 bits per heavy atom. The summed E-state index contributed by atoms with van der Waals surface area (Å²) < 4.78 is 16.3. The molecule has 1 aromatic carbocycles. The van der Waals surface area contributed by atoms with Gasteiger partial charge in [0.15, 0.2) is 5.65 Å².